The van der Waals surface area contributed by atoms with Crippen molar-refractivity contribution in [3.05, 3.63) is 0 Å². The predicted molar refractivity (Wildman–Crippen MR) is 95.5 cm³/mol. The maximum Gasteiger partial charge on any atom is 0.377 e. The van der Waals surface area contributed by atoms with Crippen LogP contribution in [0.25, 0.3) is 0 Å². The minimum Gasteiger partial charge on any atom is -0.454 e. The van der Waals surface area contributed by atoms with Crippen molar-refractivity contribution in [1.82, 2.24) is 0 Å². The molecule has 2 heterocycles. The molecule has 170 valence electrons. The zero-order valence-electron chi connectivity index (χ0n) is 17.0. The van der Waals surface area contributed by atoms with Crippen LogP contribution in [0, 0.1) is 0 Å². The van der Waals surface area contributed by atoms with E-state index in [1.165, 1.54) is 0 Å². The molecule has 2 atom stereocenters. The predicted octanol–water partition coefficient (Wildman–Crippen LogP) is 2.47. The van der Waals surface area contributed by atoms with Gasteiger partial charge in [-0.1, -0.05) is 0 Å². The van der Waals surface area contributed by atoms with E-state index in [0.29, 0.717) is 6.92 Å². The molecule has 2 spiro atoms. The smallest absolute Gasteiger partial charge is 0.377 e. The number of carbonyl (C=O) groups is 2. The summed E-state index contributed by atoms with van der Waals surface area (Å²) in [6.45, 7) is -0.0789. The van der Waals surface area contributed by atoms with Crippen LogP contribution < -0.4 is 0 Å². The van der Waals surface area contributed by atoms with Crippen LogP contribution in [0.4, 0.5) is 8.78 Å². The lowest BCUT2D eigenvalue weighted by Gasteiger charge is -2.30. The Morgan fingerprint density at radius 3 is 1.87 bits per heavy atom. The van der Waals surface area contributed by atoms with E-state index in [0.717, 1.165) is 51.4 Å². The molecule has 0 bridgehead atoms. The Morgan fingerprint density at radius 1 is 0.967 bits per heavy atom. The first-order valence-electron chi connectivity index (χ1n) is 10.6. The van der Waals surface area contributed by atoms with Gasteiger partial charge < -0.3 is 28.4 Å². The molecule has 0 aromatic heterocycles. The molecule has 4 fully saturated rings. The average molecular weight is 434 g/mol. The maximum absolute atomic E-state index is 13.0. The van der Waals surface area contributed by atoms with E-state index >= 15 is 0 Å². The zero-order chi connectivity index (χ0) is 21.4. The van der Waals surface area contributed by atoms with Crippen LogP contribution in [-0.2, 0) is 38.0 Å². The van der Waals surface area contributed by atoms with Gasteiger partial charge in [0.15, 0.2) is 24.3 Å². The van der Waals surface area contributed by atoms with Crippen molar-refractivity contribution < 1.29 is 46.8 Å². The molecule has 4 rings (SSSR count). The van der Waals surface area contributed by atoms with Gasteiger partial charge in [0.05, 0.1) is 13.2 Å². The lowest BCUT2D eigenvalue weighted by molar-refractivity contribution is -0.209. The number of esters is 2. The topological polar surface area (TPSA) is 89.5 Å². The Hall–Kier alpha value is -1.36. The fourth-order valence-electron chi connectivity index (χ4n) is 4.66. The molecule has 2 aliphatic carbocycles. The average Bonchev–Trinajstić information content (AvgIpc) is 3.49. The Balaban J connectivity index is 1.41. The van der Waals surface area contributed by atoms with Crippen LogP contribution in [0.15, 0.2) is 0 Å². The van der Waals surface area contributed by atoms with Gasteiger partial charge in [-0.3, -0.25) is 0 Å². The molecule has 2 unspecified atom stereocenters. The molecule has 0 aromatic rings. The third-order valence-corrected chi connectivity index (χ3v) is 6.16. The van der Waals surface area contributed by atoms with Crippen molar-refractivity contribution in [1.29, 1.82) is 0 Å². The van der Waals surface area contributed by atoms with E-state index in [1.54, 1.807) is 0 Å². The fourth-order valence-corrected chi connectivity index (χ4v) is 4.66. The van der Waals surface area contributed by atoms with Crippen LogP contribution in [0.5, 0.6) is 0 Å². The summed E-state index contributed by atoms with van der Waals surface area (Å²) in [7, 11) is 0. The number of ether oxygens (including phenoxy) is 6. The summed E-state index contributed by atoms with van der Waals surface area (Å²) in [6.07, 6.45) is 4.99. The van der Waals surface area contributed by atoms with Crippen molar-refractivity contribution in [2.24, 2.45) is 0 Å². The highest BCUT2D eigenvalue weighted by molar-refractivity contribution is 5.80. The van der Waals surface area contributed by atoms with Crippen molar-refractivity contribution >= 4 is 11.9 Å². The second-order valence-electron chi connectivity index (χ2n) is 8.59. The number of hydrogen-bond acceptors (Lipinski definition) is 8. The number of carbonyl (C=O) groups excluding carboxylic acids is 2. The van der Waals surface area contributed by atoms with Crippen LogP contribution >= 0.6 is 0 Å². The summed E-state index contributed by atoms with van der Waals surface area (Å²) in [5, 5.41) is 0. The van der Waals surface area contributed by atoms with Gasteiger partial charge in [-0.2, -0.15) is 8.78 Å². The molecule has 0 radical (unpaired) electrons. The molecule has 10 heteroatoms. The van der Waals surface area contributed by atoms with E-state index < -0.39 is 54.4 Å². The van der Waals surface area contributed by atoms with Crippen LogP contribution in [0.2, 0.25) is 0 Å². The molecule has 0 N–H and O–H groups in total. The molecule has 0 amide bonds. The van der Waals surface area contributed by atoms with Crippen molar-refractivity contribution in [2.45, 2.75) is 94.1 Å². The molecule has 0 aromatic carbocycles. The maximum atomic E-state index is 13.0. The standard InChI is InChI=1S/C20H28F2O8/c1-18(21,22)17(24)25-12-15(23)28-16(13-10-26-19(29-13)6-2-3-7-19)14-11-27-20(30-14)8-4-5-9-20/h13-14,16H,2-12H2,1H3. The molecule has 30 heavy (non-hydrogen) atoms. The lowest BCUT2D eigenvalue weighted by Crippen LogP contribution is -2.46. The second kappa shape index (κ2) is 8.29. The van der Waals surface area contributed by atoms with E-state index in [1.807, 2.05) is 0 Å². The number of rotatable bonds is 6. The van der Waals surface area contributed by atoms with Gasteiger partial charge in [-0.05, 0) is 25.7 Å². The van der Waals surface area contributed by atoms with Gasteiger partial charge in [0, 0.05) is 32.6 Å². The minimum atomic E-state index is -3.69. The van der Waals surface area contributed by atoms with Gasteiger partial charge in [0.25, 0.3) is 0 Å². The normalized spacial score (nSPS) is 30.8. The molecule has 2 saturated carbocycles. The third-order valence-electron chi connectivity index (χ3n) is 6.16. The lowest BCUT2D eigenvalue weighted by atomic mass is 10.1. The molecule has 8 nitrogen and oxygen atoms in total. The number of alkyl halides is 2. The molecular weight excluding hydrogens is 406 g/mol. The van der Waals surface area contributed by atoms with Crippen molar-refractivity contribution in [2.75, 3.05) is 19.8 Å². The van der Waals surface area contributed by atoms with E-state index in [2.05, 4.69) is 4.74 Å². The monoisotopic (exact) mass is 434 g/mol. The van der Waals surface area contributed by atoms with Crippen molar-refractivity contribution in [3.63, 3.8) is 0 Å². The summed E-state index contributed by atoms with van der Waals surface area (Å²) in [6, 6.07) is 0. The summed E-state index contributed by atoms with van der Waals surface area (Å²) in [5.41, 5.74) is 0. The highest BCUT2D eigenvalue weighted by atomic mass is 19.3. The Bertz CT molecular complexity index is 618. The third kappa shape index (κ3) is 4.61. The molecule has 2 aliphatic heterocycles. The summed E-state index contributed by atoms with van der Waals surface area (Å²) < 4.78 is 59.9. The van der Waals surface area contributed by atoms with E-state index in [4.69, 9.17) is 23.7 Å². The van der Waals surface area contributed by atoms with Gasteiger partial charge in [0.2, 0.25) is 0 Å². The number of hydrogen-bond donors (Lipinski definition) is 0. The summed E-state index contributed by atoms with van der Waals surface area (Å²) >= 11 is 0. The Labute approximate surface area is 173 Å². The highest BCUT2D eigenvalue weighted by Gasteiger charge is 2.53. The van der Waals surface area contributed by atoms with Gasteiger partial charge in [-0.25, -0.2) is 9.59 Å². The fraction of sp³-hybridized carbons (Fsp3) is 0.900. The first-order chi connectivity index (χ1) is 14.2. The largest absolute Gasteiger partial charge is 0.454 e. The molecule has 4 aliphatic rings. The Kier molecular flexibility index (Phi) is 6.04. The summed E-state index contributed by atoms with van der Waals surface area (Å²) in [5.74, 6) is -7.77. The van der Waals surface area contributed by atoms with Gasteiger partial charge in [-0.15, -0.1) is 0 Å². The van der Waals surface area contributed by atoms with Gasteiger partial charge >= 0.3 is 17.9 Å². The first kappa shape index (κ1) is 21.9. The quantitative estimate of drug-likeness (QED) is 0.589. The van der Waals surface area contributed by atoms with Gasteiger partial charge in [0.1, 0.15) is 12.2 Å². The first-order valence-corrected chi connectivity index (χ1v) is 10.6. The molecule has 2 saturated heterocycles. The van der Waals surface area contributed by atoms with Crippen LogP contribution in [-0.4, -0.2) is 67.6 Å². The minimum absolute atomic E-state index is 0.220. The highest BCUT2D eigenvalue weighted by Crippen LogP contribution is 2.44. The van der Waals surface area contributed by atoms with E-state index in [9.17, 15) is 18.4 Å². The SMILES string of the molecule is CC(F)(F)C(=O)OCC(=O)OC(C1COC2(CCCC2)O1)C1COC2(CCCC2)O1. The molecular formula is C20H28F2O8. The second-order valence-corrected chi connectivity index (χ2v) is 8.59. The van der Waals surface area contributed by atoms with Crippen molar-refractivity contribution in [3.8, 4) is 0 Å². The summed E-state index contributed by atoms with van der Waals surface area (Å²) in [4.78, 5) is 23.5. The Morgan fingerprint density at radius 2 is 1.43 bits per heavy atom. The van der Waals surface area contributed by atoms with Crippen LogP contribution in [0.3, 0.4) is 0 Å². The number of halogens is 2. The van der Waals surface area contributed by atoms with E-state index in [-0.39, 0.29) is 13.2 Å². The zero-order valence-corrected chi connectivity index (χ0v) is 17.0. The van der Waals surface area contributed by atoms with Crippen LogP contribution in [0.1, 0.15) is 58.3 Å².